The van der Waals surface area contributed by atoms with Gasteiger partial charge in [0.1, 0.15) is 5.75 Å². The summed E-state index contributed by atoms with van der Waals surface area (Å²) in [7, 11) is 1.41. The van der Waals surface area contributed by atoms with E-state index in [-0.39, 0.29) is 11.3 Å². The molecule has 6 heteroatoms. The van der Waals surface area contributed by atoms with Crippen LogP contribution in [0.2, 0.25) is 0 Å². The second kappa shape index (κ2) is 3.73. The van der Waals surface area contributed by atoms with Gasteiger partial charge < -0.3 is 10.4 Å². The first kappa shape index (κ1) is 9.97. The van der Waals surface area contributed by atoms with Crippen molar-refractivity contribution in [3.63, 3.8) is 0 Å². The Morgan fingerprint density at radius 3 is 2.64 bits per heavy atom. The summed E-state index contributed by atoms with van der Waals surface area (Å²) in [4.78, 5) is 20.7. The highest BCUT2D eigenvalue weighted by Crippen LogP contribution is 2.22. The molecule has 1 aromatic carbocycles. The molecule has 1 rings (SSSR count). The quantitative estimate of drug-likeness (QED) is 0.536. The minimum Gasteiger partial charge on any atom is -0.507 e. The highest BCUT2D eigenvalue weighted by Gasteiger charge is 2.13. The molecular formula is C8H8N2O4. The van der Waals surface area contributed by atoms with E-state index in [9.17, 15) is 20.0 Å². The van der Waals surface area contributed by atoms with Crippen LogP contribution in [0.3, 0.4) is 0 Å². The number of carbonyl (C=O) groups excluding carboxylic acids is 1. The van der Waals surface area contributed by atoms with Gasteiger partial charge in [-0.15, -0.1) is 0 Å². The van der Waals surface area contributed by atoms with Crippen molar-refractivity contribution < 1.29 is 14.8 Å². The van der Waals surface area contributed by atoms with E-state index in [1.165, 1.54) is 13.1 Å². The molecule has 0 heterocycles. The first-order valence-corrected chi connectivity index (χ1v) is 3.75. The monoisotopic (exact) mass is 196 g/mol. The van der Waals surface area contributed by atoms with E-state index in [2.05, 4.69) is 5.32 Å². The average molecular weight is 196 g/mol. The molecule has 0 spiro atoms. The lowest BCUT2D eigenvalue weighted by molar-refractivity contribution is -0.384. The highest BCUT2D eigenvalue weighted by atomic mass is 16.6. The van der Waals surface area contributed by atoms with Gasteiger partial charge in [0.25, 0.3) is 11.6 Å². The minimum absolute atomic E-state index is 0.0121. The zero-order valence-corrected chi connectivity index (χ0v) is 7.35. The van der Waals surface area contributed by atoms with Crippen molar-refractivity contribution in [1.29, 1.82) is 0 Å². The van der Waals surface area contributed by atoms with Gasteiger partial charge in [-0.2, -0.15) is 0 Å². The molecule has 0 unspecified atom stereocenters. The number of non-ortho nitro benzene ring substituents is 1. The molecule has 0 saturated carbocycles. The number of amides is 1. The number of carbonyl (C=O) groups is 1. The van der Waals surface area contributed by atoms with Crippen molar-refractivity contribution in [2.75, 3.05) is 7.05 Å². The zero-order chi connectivity index (χ0) is 10.7. The van der Waals surface area contributed by atoms with E-state index in [0.29, 0.717) is 0 Å². The SMILES string of the molecule is CNC(=O)c1ccc([N+](=O)[O-])cc1O. The molecule has 0 bridgehead atoms. The van der Waals surface area contributed by atoms with Gasteiger partial charge in [0.15, 0.2) is 0 Å². The summed E-state index contributed by atoms with van der Waals surface area (Å²) in [5.41, 5.74) is -0.242. The van der Waals surface area contributed by atoms with Crippen molar-refractivity contribution in [2.24, 2.45) is 0 Å². The first-order chi connectivity index (χ1) is 6.56. The zero-order valence-electron chi connectivity index (χ0n) is 7.35. The van der Waals surface area contributed by atoms with E-state index in [1.54, 1.807) is 0 Å². The topological polar surface area (TPSA) is 92.5 Å². The number of hydrogen-bond acceptors (Lipinski definition) is 4. The maximum Gasteiger partial charge on any atom is 0.273 e. The Morgan fingerprint density at radius 2 is 2.21 bits per heavy atom. The predicted molar refractivity (Wildman–Crippen MR) is 48.2 cm³/mol. The summed E-state index contributed by atoms with van der Waals surface area (Å²) in [6.45, 7) is 0. The number of phenolic OH excluding ortho intramolecular Hbond substituents is 1. The van der Waals surface area contributed by atoms with Crippen molar-refractivity contribution in [3.05, 3.63) is 33.9 Å². The molecule has 0 aliphatic rings. The van der Waals surface area contributed by atoms with Gasteiger partial charge in [0.05, 0.1) is 16.6 Å². The number of aromatic hydroxyl groups is 1. The number of hydrogen-bond donors (Lipinski definition) is 2. The molecule has 0 aromatic heterocycles. The normalized spacial score (nSPS) is 9.50. The van der Waals surface area contributed by atoms with Gasteiger partial charge in [0.2, 0.25) is 0 Å². The second-order valence-corrected chi connectivity index (χ2v) is 2.54. The van der Waals surface area contributed by atoms with Crippen molar-refractivity contribution >= 4 is 11.6 Å². The Balaban J connectivity index is 3.14. The third-order valence-electron chi connectivity index (χ3n) is 1.66. The molecular weight excluding hydrogens is 188 g/mol. The van der Waals surface area contributed by atoms with Gasteiger partial charge >= 0.3 is 0 Å². The average Bonchev–Trinajstić information content (AvgIpc) is 2.16. The summed E-state index contributed by atoms with van der Waals surface area (Å²) < 4.78 is 0. The van der Waals surface area contributed by atoms with Crippen LogP contribution in [0.5, 0.6) is 5.75 Å². The molecule has 0 radical (unpaired) electrons. The number of nitrogens with zero attached hydrogens (tertiary/aromatic N) is 1. The number of nitrogens with one attached hydrogen (secondary N) is 1. The summed E-state index contributed by atoms with van der Waals surface area (Å²) in [5.74, 6) is -0.893. The van der Waals surface area contributed by atoms with Crippen LogP contribution in [0.15, 0.2) is 18.2 Å². The van der Waals surface area contributed by atoms with Gasteiger partial charge in [-0.25, -0.2) is 0 Å². The van der Waals surface area contributed by atoms with E-state index in [4.69, 9.17) is 0 Å². The number of rotatable bonds is 2. The van der Waals surface area contributed by atoms with E-state index in [0.717, 1.165) is 12.1 Å². The lowest BCUT2D eigenvalue weighted by Crippen LogP contribution is -2.17. The third kappa shape index (κ3) is 1.79. The van der Waals surface area contributed by atoms with Crippen LogP contribution in [0.4, 0.5) is 5.69 Å². The minimum atomic E-state index is -0.645. The summed E-state index contributed by atoms with van der Waals surface area (Å²) in [6, 6.07) is 3.29. The standard InChI is InChI=1S/C8H8N2O4/c1-9-8(12)6-3-2-5(10(13)14)4-7(6)11/h2-4,11H,1H3,(H,9,12). The fraction of sp³-hybridized carbons (Fsp3) is 0.125. The van der Waals surface area contributed by atoms with E-state index >= 15 is 0 Å². The smallest absolute Gasteiger partial charge is 0.273 e. The predicted octanol–water partition coefficient (Wildman–Crippen LogP) is 0.660. The number of nitro benzene ring substituents is 1. The number of phenols is 1. The maximum absolute atomic E-state index is 11.1. The van der Waals surface area contributed by atoms with Gasteiger partial charge in [0, 0.05) is 13.1 Å². The summed E-state index contributed by atoms with van der Waals surface area (Å²) >= 11 is 0. The second-order valence-electron chi connectivity index (χ2n) is 2.54. The van der Waals surface area contributed by atoms with Gasteiger partial charge in [-0.05, 0) is 6.07 Å². The highest BCUT2D eigenvalue weighted by molar-refractivity contribution is 5.96. The number of benzene rings is 1. The summed E-state index contributed by atoms with van der Waals surface area (Å²) in [5, 5.41) is 21.9. The van der Waals surface area contributed by atoms with Crippen LogP contribution in [-0.2, 0) is 0 Å². The molecule has 0 saturated heterocycles. The Hall–Kier alpha value is -2.11. The molecule has 0 aliphatic carbocycles. The van der Waals surface area contributed by atoms with E-state index < -0.39 is 16.6 Å². The lowest BCUT2D eigenvalue weighted by Gasteiger charge is -2.01. The molecule has 14 heavy (non-hydrogen) atoms. The Kier molecular flexibility index (Phi) is 2.66. The van der Waals surface area contributed by atoms with Crippen molar-refractivity contribution in [1.82, 2.24) is 5.32 Å². The Bertz CT molecular complexity index is 389. The third-order valence-corrected chi connectivity index (χ3v) is 1.66. The van der Waals surface area contributed by atoms with Crippen LogP contribution in [-0.4, -0.2) is 23.0 Å². The Labute approximate surface area is 79.3 Å². The number of nitro groups is 1. The molecule has 0 fully saturated rings. The van der Waals surface area contributed by atoms with Crippen LogP contribution in [0, 0.1) is 10.1 Å². The molecule has 0 aliphatic heterocycles. The molecule has 6 nitrogen and oxygen atoms in total. The van der Waals surface area contributed by atoms with Crippen LogP contribution < -0.4 is 5.32 Å². The Morgan fingerprint density at radius 1 is 1.57 bits per heavy atom. The molecule has 1 amide bonds. The molecule has 0 atom stereocenters. The van der Waals surface area contributed by atoms with Gasteiger partial charge in [-0.3, -0.25) is 14.9 Å². The largest absolute Gasteiger partial charge is 0.507 e. The molecule has 74 valence electrons. The van der Waals surface area contributed by atoms with Crippen LogP contribution in [0.25, 0.3) is 0 Å². The maximum atomic E-state index is 11.1. The van der Waals surface area contributed by atoms with Crippen LogP contribution in [0.1, 0.15) is 10.4 Å². The van der Waals surface area contributed by atoms with Crippen molar-refractivity contribution in [3.8, 4) is 5.75 Å². The fourth-order valence-corrected chi connectivity index (χ4v) is 0.960. The van der Waals surface area contributed by atoms with Gasteiger partial charge in [-0.1, -0.05) is 0 Å². The first-order valence-electron chi connectivity index (χ1n) is 3.75. The summed E-state index contributed by atoms with van der Waals surface area (Å²) in [6.07, 6.45) is 0. The van der Waals surface area contributed by atoms with Crippen LogP contribution >= 0.6 is 0 Å². The molecule has 1 aromatic rings. The van der Waals surface area contributed by atoms with Crippen molar-refractivity contribution in [2.45, 2.75) is 0 Å². The molecule has 2 N–H and O–H groups in total. The van der Waals surface area contributed by atoms with E-state index in [1.807, 2.05) is 0 Å². The fourth-order valence-electron chi connectivity index (χ4n) is 0.960. The lowest BCUT2D eigenvalue weighted by atomic mass is 10.1.